The molecule has 0 heterocycles. The lowest BCUT2D eigenvalue weighted by molar-refractivity contribution is -0.138. The van der Waals surface area contributed by atoms with E-state index in [1.807, 2.05) is 19.9 Å². The van der Waals surface area contributed by atoms with Gasteiger partial charge in [0.2, 0.25) is 0 Å². The molecule has 1 nitrogen and oxygen atoms in total. The predicted octanol–water partition coefficient (Wildman–Crippen LogP) is 4.93. The van der Waals surface area contributed by atoms with E-state index < -0.39 is 11.7 Å². The number of hydrogen-bond acceptors (Lipinski definition) is 1. The predicted molar refractivity (Wildman–Crippen MR) is 64.9 cm³/mol. The van der Waals surface area contributed by atoms with Crippen molar-refractivity contribution in [1.82, 2.24) is 0 Å². The maximum absolute atomic E-state index is 12.7. The average molecular weight is 258 g/mol. The maximum atomic E-state index is 12.7. The van der Waals surface area contributed by atoms with Crippen molar-refractivity contribution in [3.05, 3.63) is 47.2 Å². The van der Waals surface area contributed by atoms with Crippen molar-refractivity contribution < 1.29 is 17.9 Å². The van der Waals surface area contributed by atoms with E-state index in [9.17, 15) is 13.2 Å². The molecule has 0 radical (unpaired) electrons. The highest BCUT2D eigenvalue weighted by atomic mass is 19.4. The van der Waals surface area contributed by atoms with E-state index in [0.717, 1.165) is 18.2 Å². The first-order valence-electron chi connectivity index (χ1n) is 5.96. The molecule has 0 spiro atoms. The topological polar surface area (TPSA) is 9.23 Å². The van der Waals surface area contributed by atoms with E-state index in [0.29, 0.717) is 6.42 Å². The molecule has 1 aromatic carbocycles. The maximum Gasteiger partial charge on any atom is 0.416 e. The lowest BCUT2D eigenvalue weighted by Crippen LogP contribution is -2.09. The Bertz CT molecular complexity index is 408. The first-order valence-corrected chi connectivity index (χ1v) is 5.96. The van der Waals surface area contributed by atoms with Crippen LogP contribution in [0.15, 0.2) is 36.1 Å². The molecule has 0 aromatic heterocycles. The molecular formula is C14H17F3O. The van der Waals surface area contributed by atoms with Crippen molar-refractivity contribution in [1.29, 1.82) is 0 Å². The summed E-state index contributed by atoms with van der Waals surface area (Å²) in [5.41, 5.74) is -0.461. The number of hydrogen-bond donors (Lipinski definition) is 0. The van der Waals surface area contributed by atoms with Gasteiger partial charge in [-0.1, -0.05) is 32.0 Å². The summed E-state index contributed by atoms with van der Waals surface area (Å²) in [6, 6.07) is 5.49. The number of ether oxygens (including phenoxy) is 1. The highest BCUT2D eigenvalue weighted by Gasteiger charge is 2.32. The number of halogens is 3. The summed E-state index contributed by atoms with van der Waals surface area (Å²) in [5, 5.41) is 0. The van der Waals surface area contributed by atoms with Crippen molar-refractivity contribution >= 4 is 0 Å². The molecular weight excluding hydrogens is 241 g/mol. The average Bonchev–Trinajstić information content (AvgIpc) is 2.33. The molecule has 1 aromatic rings. The second kappa shape index (κ2) is 6.47. The third kappa shape index (κ3) is 4.09. The quantitative estimate of drug-likeness (QED) is 0.681. The second-order valence-corrected chi connectivity index (χ2v) is 3.88. The van der Waals surface area contributed by atoms with Gasteiger partial charge in [-0.2, -0.15) is 13.2 Å². The lowest BCUT2D eigenvalue weighted by atomic mass is 10.1. The van der Waals surface area contributed by atoms with Crippen LogP contribution >= 0.6 is 0 Å². The van der Waals surface area contributed by atoms with Crippen LogP contribution in [-0.4, -0.2) is 0 Å². The summed E-state index contributed by atoms with van der Waals surface area (Å²) in [4.78, 5) is 0. The van der Waals surface area contributed by atoms with E-state index >= 15 is 0 Å². The lowest BCUT2D eigenvalue weighted by Gasteiger charge is -2.14. The SMILES string of the molecule is CC/C=C(\CC)OCc1ccccc1C(F)(F)F. The summed E-state index contributed by atoms with van der Waals surface area (Å²) in [6.45, 7) is 3.83. The van der Waals surface area contributed by atoms with E-state index in [4.69, 9.17) is 4.74 Å². The Hall–Kier alpha value is -1.45. The molecule has 0 atom stereocenters. The Morgan fingerprint density at radius 2 is 1.89 bits per heavy atom. The number of rotatable bonds is 5. The van der Waals surface area contributed by atoms with Gasteiger partial charge in [-0.3, -0.25) is 0 Å². The van der Waals surface area contributed by atoms with Crippen molar-refractivity contribution in [2.24, 2.45) is 0 Å². The van der Waals surface area contributed by atoms with Gasteiger partial charge >= 0.3 is 6.18 Å². The Labute approximate surface area is 105 Å². The molecule has 0 aliphatic rings. The van der Waals surface area contributed by atoms with Crippen molar-refractivity contribution in [3.8, 4) is 0 Å². The van der Waals surface area contributed by atoms with Crippen molar-refractivity contribution in [2.75, 3.05) is 0 Å². The third-order valence-electron chi connectivity index (χ3n) is 2.52. The molecule has 0 N–H and O–H groups in total. The van der Waals surface area contributed by atoms with Crippen LogP contribution in [-0.2, 0) is 17.5 Å². The summed E-state index contributed by atoms with van der Waals surface area (Å²) in [7, 11) is 0. The molecule has 0 unspecified atom stereocenters. The fourth-order valence-corrected chi connectivity index (χ4v) is 1.63. The van der Waals surface area contributed by atoms with Crippen LogP contribution < -0.4 is 0 Å². The third-order valence-corrected chi connectivity index (χ3v) is 2.52. The summed E-state index contributed by atoms with van der Waals surface area (Å²) < 4.78 is 43.6. The van der Waals surface area contributed by atoms with Gasteiger partial charge in [0, 0.05) is 12.0 Å². The van der Waals surface area contributed by atoms with Gasteiger partial charge in [-0.15, -0.1) is 0 Å². The molecule has 0 aliphatic carbocycles. The molecule has 0 bridgehead atoms. The molecule has 0 aliphatic heterocycles. The Morgan fingerprint density at radius 3 is 2.44 bits per heavy atom. The highest BCUT2D eigenvalue weighted by molar-refractivity contribution is 5.29. The summed E-state index contributed by atoms with van der Waals surface area (Å²) >= 11 is 0. The summed E-state index contributed by atoms with van der Waals surface area (Å²) in [5.74, 6) is 0.731. The highest BCUT2D eigenvalue weighted by Crippen LogP contribution is 2.32. The van der Waals surface area contributed by atoms with Crippen LogP contribution in [0.5, 0.6) is 0 Å². The molecule has 4 heteroatoms. The molecule has 0 saturated heterocycles. The molecule has 100 valence electrons. The van der Waals surface area contributed by atoms with Gasteiger partial charge in [0.05, 0.1) is 11.3 Å². The van der Waals surface area contributed by atoms with E-state index in [-0.39, 0.29) is 12.2 Å². The van der Waals surface area contributed by atoms with Crippen LogP contribution in [0.25, 0.3) is 0 Å². The fraction of sp³-hybridized carbons (Fsp3) is 0.429. The zero-order valence-electron chi connectivity index (χ0n) is 10.6. The molecule has 18 heavy (non-hydrogen) atoms. The van der Waals surface area contributed by atoms with E-state index in [2.05, 4.69) is 0 Å². The largest absolute Gasteiger partial charge is 0.494 e. The number of alkyl halides is 3. The Kier molecular flexibility index (Phi) is 5.25. The Morgan fingerprint density at radius 1 is 1.22 bits per heavy atom. The fourth-order valence-electron chi connectivity index (χ4n) is 1.63. The van der Waals surface area contributed by atoms with Gasteiger partial charge in [0.1, 0.15) is 6.61 Å². The van der Waals surface area contributed by atoms with E-state index in [1.54, 1.807) is 6.07 Å². The standard InChI is InChI=1S/C14H17F3O/c1-3-7-12(4-2)18-10-11-8-5-6-9-13(11)14(15,16)17/h5-9H,3-4,10H2,1-2H3/b12-7+. The van der Waals surface area contributed by atoms with Gasteiger partial charge in [0.25, 0.3) is 0 Å². The van der Waals surface area contributed by atoms with Crippen molar-refractivity contribution in [3.63, 3.8) is 0 Å². The van der Waals surface area contributed by atoms with Crippen LogP contribution in [0.2, 0.25) is 0 Å². The number of benzene rings is 1. The monoisotopic (exact) mass is 258 g/mol. The van der Waals surface area contributed by atoms with Gasteiger partial charge in [-0.05, 0) is 18.6 Å². The molecule has 0 amide bonds. The van der Waals surface area contributed by atoms with Crippen LogP contribution in [0.1, 0.15) is 37.8 Å². The summed E-state index contributed by atoms with van der Waals surface area (Å²) in [6.07, 6.45) is -0.955. The van der Waals surface area contributed by atoms with Gasteiger partial charge in [-0.25, -0.2) is 0 Å². The Balaban J connectivity index is 2.82. The number of allylic oxidation sites excluding steroid dienone is 2. The smallest absolute Gasteiger partial charge is 0.416 e. The van der Waals surface area contributed by atoms with Crippen LogP contribution in [0.3, 0.4) is 0 Å². The zero-order valence-corrected chi connectivity index (χ0v) is 10.6. The van der Waals surface area contributed by atoms with E-state index in [1.165, 1.54) is 12.1 Å². The zero-order chi connectivity index (χ0) is 13.6. The minimum Gasteiger partial charge on any atom is -0.494 e. The van der Waals surface area contributed by atoms with Gasteiger partial charge in [0.15, 0.2) is 0 Å². The second-order valence-electron chi connectivity index (χ2n) is 3.88. The molecule has 0 fully saturated rings. The first kappa shape index (κ1) is 14.6. The normalized spacial score (nSPS) is 12.6. The molecule has 0 saturated carbocycles. The minimum absolute atomic E-state index is 0.0463. The van der Waals surface area contributed by atoms with Gasteiger partial charge < -0.3 is 4.74 Å². The molecule has 1 rings (SSSR count). The minimum atomic E-state index is -4.33. The van der Waals surface area contributed by atoms with Crippen molar-refractivity contribution in [2.45, 2.75) is 39.5 Å². The van der Waals surface area contributed by atoms with Crippen LogP contribution in [0, 0.1) is 0 Å². The van der Waals surface area contributed by atoms with Crippen LogP contribution in [0.4, 0.5) is 13.2 Å². The first-order chi connectivity index (χ1) is 8.49.